The minimum Gasteiger partial charge on any atom is -0.0537 e. The molecule has 4 aromatic rings. The Bertz CT molecular complexity index is 518. The Kier molecular flexibility index (Phi) is 0.573. The maximum atomic E-state index is 2.25. The third-order valence-electron chi connectivity index (χ3n) is 2.91. The Hall–Kier alpha value is -1.56. The molecule has 0 spiro atoms. The van der Waals surface area contributed by atoms with Gasteiger partial charge in [0.05, 0.1) is 0 Å². The van der Waals surface area contributed by atoms with Gasteiger partial charge in [-0.25, -0.2) is 0 Å². The number of rotatable bonds is 0. The van der Waals surface area contributed by atoms with E-state index in [-0.39, 0.29) is 0 Å². The van der Waals surface area contributed by atoms with Crippen molar-refractivity contribution in [2.24, 2.45) is 0 Å². The average molecular weight is 150 g/mol. The van der Waals surface area contributed by atoms with E-state index in [0.29, 0.717) is 0 Å². The van der Waals surface area contributed by atoms with Gasteiger partial charge in [0.15, 0.2) is 0 Å². The highest BCUT2D eigenvalue weighted by atomic mass is 14.2. The van der Waals surface area contributed by atoms with Crippen molar-refractivity contribution >= 4 is 32.3 Å². The lowest BCUT2D eigenvalue weighted by atomic mass is 9.88. The van der Waals surface area contributed by atoms with Gasteiger partial charge in [0.25, 0.3) is 0 Å². The first-order valence-electron chi connectivity index (χ1n) is 4.23. The molecule has 4 rings (SSSR count). The summed E-state index contributed by atoms with van der Waals surface area (Å²) in [5, 5.41) is 8.65. The lowest BCUT2D eigenvalue weighted by Crippen LogP contribution is -1.88. The highest BCUT2D eigenvalue weighted by Crippen LogP contribution is 2.40. The zero-order valence-electron chi connectivity index (χ0n) is 6.46. The molecule has 0 bridgehead atoms. The van der Waals surface area contributed by atoms with E-state index in [2.05, 4.69) is 36.4 Å². The molecular formula is C12H6. The molecule has 0 aliphatic heterocycles. The molecule has 0 nitrogen and oxygen atoms in total. The van der Waals surface area contributed by atoms with Crippen LogP contribution in [0.25, 0.3) is 32.3 Å². The summed E-state index contributed by atoms with van der Waals surface area (Å²) in [4.78, 5) is 0. The molecule has 0 atom stereocenters. The Morgan fingerprint density at radius 3 is 1.17 bits per heavy atom. The Labute approximate surface area is 69.4 Å². The molecule has 0 aliphatic rings. The van der Waals surface area contributed by atoms with Crippen LogP contribution in [-0.2, 0) is 0 Å². The molecular weight excluding hydrogens is 144 g/mol. The van der Waals surface area contributed by atoms with Gasteiger partial charge in [-0.2, -0.15) is 0 Å². The highest BCUT2D eigenvalue weighted by Gasteiger charge is 2.12. The van der Waals surface area contributed by atoms with E-state index in [1.54, 1.807) is 0 Å². The van der Waals surface area contributed by atoms with Gasteiger partial charge in [-0.3, -0.25) is 0 Å². The molecule has 12 heavy (non-hydrogen) atoms. The van der Waals surface area contributed by atoms with Crippen molar-refractivity contribution in [2.75, 3.05) is 0 Å². The van der Waals surface area contributed by atoms with Crippen molar-refractivity contribution < 1.29 is 0 Å². The van der Waals surface area contributed by atoms with Gasteiger partial charge < -0.3 is 0 Å². The van der Waals surface area contributed by atoms with Crippen LogP contribution in [0.15, 0.2) is 36.4 Å². The first-order chi connectivity index (χ1) is 5.93. The van der Waals surface area contributed by atoms with Crippen molar-refractivity contribution in [2.45, 2.75) is 0 Å². The van der Waals surface area contributed by atoms with Crippen LogP contribution in [0.1, 0.15) is 0 Å². The maximum Gasteiger partial charge on any atom is -0.00264 e. The summed E-state index contributed by atoms with van der Waals surface area (Å²) in [5.74, 6) is 0. The lowest BCUT2D eigenvalue weighted by Gasteiger charge is -2.16. The summed E-state index contributed by atoms with van der Waals surface area (Å²) < 4.78 is 0. The van der Waals surface area contributed by atoms with E-state index in [4.69, 9.17) is 0 Å². The monoisotopic (exact) mass is 150 g/mol. The van der Waals surface area contributed by atoms with Crippen LogP contribution in [0, 0.1) is 0 Å². The van der Waals surface area contributed by atoms with Gasteiger partial charge in [-0.1, -0.05) is 24.3 Å². The quantitative estimate of drug-likeness (QED) is 0.360. The van der Waals surface area contributed by atoms with Gasteiger partial charge in [0.2, 0.25) is 0 Å². The van der Waals surface area contributed by atoms with Gasteiger partial charge in [0, 0.05) is 0 Å². The maximum absolute atomic E-state index is 2.25. The summed E-state index contributed by atoms with van der Waals surface area (Å²) in [5.41, 5.74) is 0. The molecule has 0 amide bonds. The second-order valence-corrected chi connectivity index (χ2v) is 3.53. The molecule has 0 heteroatoms. The molecule has 4 aromatic carbocycles. The fourth-order valence-electron chi connectivity index (χ4n) is 2.26. The summed E-state index contributed by atoms with van der Waals surface area (Å²) in [6.45, 7) is 0. The summed E-state index contributed by atoms with van der Waals surface area (Å²) in [6.07, 6.45) is 0. The van der Waals surface area contributed by atoms with Crippen LogP contribution < -0.4 is 0 Å². The normalized spacial score (nSPS) is 13.0. The van der Waals surface area contributed by atoms with Crippen molar-refractivity contribution in [1.82, 2.24) is 0 Å². The predicted octanol–water partition coefficient (Wildman–Crippen LogP) is 3.46. The Morgan fingerprint density at radius 1 is 0.500 bits per heavy atom. The smallest absolute Gasteiger partial charge is 0.00264 e. The van der Waals surface area contributed by atoms with Crippen molar-refractivity contribution in [3.63, 3.8) is 0 Å². The zero-order chi connectivity index (χ0) is 7.71. The largest absolute Gasteiger partial charge is 0.0537 e. The van der Waals surface area contributed by atoms with Gasteiger partial charge >= 0.3 is 0 Å². The van der Waals surface area contributed by atoms with Gasteiger partial charge in [-0.05, 0) is 44.5 Å². The predicted molar refractivity (Wildman–Crippen MR) is 52.5 cm³/mol. The molecule has 0 heterocycles. The van der Waals surface area contributed by atoms with Crippen LogP contribution >= 0.6 is 0 Å². The van der Waals surface area contributed by atoms with Crippen LogP contribution in [0.3, 0.4) is 0 Å². The van der Waals surface area contributed by atoms with E-state index >= 15 is 0 Å². The fraction of sp³-hybridized carbons (Fsp3) is 0. The molecule has 0 aromatic heterocycles. The third kappa shape index (κ3) is 0.352. The van der Waals surface area contributed by atoms with Crippen LogP contribution in [0.5, 0.6) is 0 Å². The number of hydrogen-bond donors (Lipinski definition) is 0. The second kappa shape index (κ2) is 1.34. The van der Waals surface area contributed by atoms with E-state index < -0.39 is 0 Å². The van der Waals surface area contributed by atoms with Crippen molar-refractivity contribution in [3.05, 3.63) is 36.4 Å². The minimum atomic E-state index is 1.42. The Morgan fingerprint density at radius 2 is 0.833 bits per heavy atom. The molecule has 54 valence electrons. The molecule has 0 saturated carbocycles. The molecule has 0 saturated heterocycles. The van der Waals surface area contributed by atoms with E-state index in [1.165, 1.54) is 32.3 Å². The Balaban J connectivity index is 2.55. The molecule has 0 N–H and O–H groups in total. The van der Waals surface area contributed by atoms with Crippen LogP contribution in [-0.4, -0.2) is 0 Å². The molecule has 0 unspecified atom stereocenters. The lowest BCUT2D eigenvalue weighted by molar-refractivity contribution is 1.80. The summed E-state index contributed by atoms with van der Waals surface area (Å²) in [6, 6.07) is 13.4. The molecule has 0 radical (unpaired) electrons. The third-order valence-corrected chi connectivity index (χ3v) is 2.91. The summed E-state index contributed by atoms with van der Waals surface area (Å²) in [7, 11) is 0. The minimum absolute atomic E-state index is 1.42. The van der Waals surface area contributed by atoms with E-state index in [0.717, 1.165) is 0 Å². The number of benzene rings is 2. The SMILES string of the molecule is c1cc2cc3ccc4cc1c4c23. The first kappa shape index (κ1) is 5.15. The topological polar surface area (TPSA) is 0 Å². The molecule has 0 aliphatic carbocycles. The van der Waals surface area contributed by atoms with E-state index in [1.807, 2.05) is 0 Å². The molecule has 0 fully saturated rings. The van der Waals surface area contributed by atoms with Crippen molar-refractivity contribution in [3.8, 4) is 0 Å². The second-order valence-electron chi connectivity index (χ2n) is 3.53. The van der Waals surface area contributed by atoms with Crippen LogP contribution in [0.2, 0.25) is 0 Å². The zero-order valence-corrected chi connectivity index (χ0v) is 6.46. The fourth-order valence-corrected chi connectivity index (χ4v) is 2.26. The highest BCUT2D eigenvalue weighted by molar-refractivity contribution is 6.30. The average Bonchev–Trinajstić information content (AvgIpc) is 2.07. The van der Waals surface area contributed by atoms with Gasteiger partial charge in [-0.15, -0.1) is 0 Å². The van der Waals surface area contributed by atoms with Crippen LogP contribution in [0.4, 0.5) is 0 Å². The first-order valence-corrected chi connectivity index (χ1v) is 4.23. The standard InChI is InChI=1S/C12H6/c1-2-8-6-10-4-3-9-5-7(1)11(9)12(8)10/h1-6H. The van der Waals surface area contributed by atoms with Gasteiger partial charge in [0.1, 0.15) is 0 Å². The van der Waals surface area contributed by atoms with Crippen molar-refractivity contribution in [1.29, 1.82) is 0 Å². The van der Waals surface area contributed by atoms with E-state index in [9.17, 15) is 0 Å². The summed E-state index contributed by atoms with van der Waals surface area (Å²) >= 11 is 0. The number of hydrogen-bond acceptors (Lipinski definition) is 0.